The summed E-state index contributed by atoms with van der Waals surface area (Å²) >= 11 is 1.44. The van der Waals surface area contributed by atoms with Crippen molar-refractivity contribution < 1.29 is 9.21 Å². The molecule has 1 aliphatic heterocycles. The maximum Gasteiger partial charge on any atom is 0.308 e. The molecule has 0 aliphatic carbocycles. The van der Waals surface area contributed by atoms with E-state index in [1.54, 1.807) is 10.9 Å². The Morgan fingerprint density at radius 2 is 2.35 bits per heavy atom. The molecule has 0 aromatic carbocycles. The number of nitrogens with one attached hydrogen (secondary N) is 1. The number of amides is 1. The lowest BCUT2D eigenvalue weighted by molar-refractivity contribution is 0.0893. The molecule has 2 aromatic heterocycles. The highest BCUT2D eigenvalue weighted by Crippen LogP contribution is 2.27. The van der Waals surface area contributed by atoms with E-state index in [4.69, 9.17) is 4.42 Å². The van der Waals surface area contributed by atoms with Crippen LogP contribution in [-0.2, 0) is 0 Å². The molecule has 3 heterocycles. The Labute approximate surface area is 139 Å². The predicted molar refractivity (Wildman–Crippen MR) is 87.2 cm³/mol. The van der Waals surface area contributed by atoms with Crippen molar-refractivity contribution in [3.05, 3.63) is 16.8 Å². The van der Waals surface area contributed by atoms with Gasteiger partial charge in [-0.25, -0.2) is 4.98 Å². The molecule has 1 fully saturated rings. The van der Waals surface area contributed by atoms with Gasteiger partial charge in [0.15, 0.2) is 0 Å². The fourth-order valence-corrected chi connectivity index (χ4v) is 3.40. The Kier molecular flexibility index (Phi) is 4.72. The zero-order valence-corrected chi connectivity index (χ0v) is 14.2. The minimum atomic E-state index is -0.338. The molecule has 1 aliphatic rings. The first-order chi connectivity index (χ1) is 11.0. The van der Waals surface area contributed by atoms with Gasteiger partial charge >= 0.3 is 11.8 Å². The van der Waals surface area contributed by atoms with Crippen LogP contribution in [0.1, 0.15) is 37.4 Å². The summed E-state index contributed by atoms with van der Waals surface area (Å²) in [5.41, 5.74) is 2.63. The van der Waals surface area contributed by atoms with Crippen LogP contribution in [0.2, 0.25) is 0 Å². The normalized spacial score (nSPS) is 18.0. The van der Waals surface area contributed by atoms with Crippen molar-refractivity contribution in [2.24, 2.45) is 5.41 Å². The lowest BCUT2D eigenvalue weighted by Crippen LogP contribution is -2.43. The first-order valence-corrected chi connectivity index (χ1v) is 8.70. The second-order valence-electron chi connectivity index (χ2n) is 6.59. The van der Waals surface area contributed by atoms with Gasteiger partial charge in [0.05, 0.1) is 5.51 Å². The van der Waals surface area contributed by atoms with E-state index in [-0.39, 0.29) is 17.7 Å². The number of carbonyl (C=O) groups is 1. The van der Waals surface area contributed by atoms with Crippen molar-refractivity contribution in [1.29, 1.82) is 0 Å². The minimum Gasteiger partial charge on any atom is -0.411 e. The summed E-state index contributed by atoms with van der Waals surface area (Å²) in [4.78, 5) is 18.5. The summed E-state index contributed by atoms with van der Waals surface area (Å²) < 4.78 is 5.36. The lowest BCUT2D eigenvalue weighted by atomic mass is 9.84. The summed E-state index contributed by atoms with van der Waals surface area (Å²) in [5, 5.41) is 12.3. The summed E-state index contributed by atoms with van der Waals surface area (Å²) in [6.07, 6.45) is 2.47. The number of thiazole rings is 1. The average molecular weight is 335 g/mol. The van der Waals surface area contributed by atoms with Gasteiger partial charge in [0.1, 0.15) is 5.69 Å². The number of rotatable bonds is 5. The van der Waals surface area contributed by atoms with Gasteiger partial charge in [-0.2, -0.15) is 0 Å². The van der Waals surface area contributed by atoms with E-state index in [9.17, 15) is 4.79 Å². The molecule has 1 amide bonds. The number of nitrogens with zero attached hydrogens (tertiary/aromatic N) is 4. The number of carbonyl (C=O) groups excluding carboxylic acids is 1. The molecule has 124 valence electrons. The number of likely N-dealkylation sites (tertiary alicyclic amines) is 1. The van der Waals surface area contributed by atoms with Crippen molar-refractivity contribution in [1.82, 2.24) is 25.4 Å². The monoisotopic (exact) mass is 335 g/mol. The zero-order valence-electron chi connectivity index (χ0n) is 13.4. The third-order valence-corrected chi connectivity index (χ3v) is 4.55. The molecular weight excluding hydrogens is 314 g/mol. The van der Waals surface area contributed by atoms with Gasteiger partial charge in [-0.05, 0) is 24.8 Å². The Bertz CT molecular complexity index is 653. The fourth-order valence-electron chi connectivity index (χ4n) is 2.88. The second-order valence-corrected chi connectivity index (χ2v) is 7.30. The first-order valence-electron chi connectivity index (χ1n) is 7.76. The quantitative estimate of drug-likeness (QED) is 0.900. The van der Waals surface area contributed by atoms with Gasteiger partial charge in [-0.15, -0.1) is 21.5 Å². The number of hydrogen-bond donors (Lipinski definition) is 1. The van der Waals surface area contributed by atoms with Crippen molar-refractivity contribution in [2.45, 2.75) is 26.7 Å². The van der Waals surface area contributed by atoms with E-state index in [0.717, 1.165) is 19.6 Å². The van der Waals surface area contributed by atoms with Crippen LogP contribution < -0.4 is 5.32 Å². The summed E-state index contributed by atoms with van der Waals surface area (Å²) in [6, 6.07) is 0. The van der Waals surface area contributed by atoms with Crippen LogP contribution in [0.3, 0.4) is 0 Å². The predicted octanol–water partition coefficient (Wildman–Crippen LogP) is 2.04. The minimum absolute atomic E-state index is 0.0213. The van der Waals surface area contributed by atoms with Crippen LogP contribution in [0.5, 0.6) is 0 Å². The van der Waals surface area contributed by atoms with E-state index in [0.29, 0.717) is 17.7 Å². The van der Waals surface area contributed by atoms with Crippen LogP contribution in [-0.4, -0.2) is 52.2 Å². The molecule has 0 spiro atoms. The van der Waals surface area contributed by atoms with E-state index in [1.165, 1.54) is 24.2 Å². The molecule has 0 saturated carbocycles. The van der Waals surface area contributed by atoms with Crippen LogP contribution in [0, 0.1) is 5.41 Å². The molecule has 3 rings (SSSR count). The molecule has 8 heteroatoms. The maximum atomic E-state index is 12.1. The van der Waals surface area contributed by atoms with Gasteiger partial charge in [0.25, 0.3) is 5.89 Å². The van der Waals surface area contributed by atoms with E-state index in [1.807, 2.05) is 0 Å². The standard InChI is InChI=1S/C15H21N5O2S/c1-15(2)4-3-6-20(9-15)7-5-16-12(21)14-19-18-13(22-14)11-8-23-10-17-11/h8,10H,3-7,9H2,1-2H3,(H,16,21). The van der Waals surface area contributed by atoms with Crippen molar-refractivity contribution in [3.63, 3.8) is 0 Å². The third-order valence-electron chi connectivity index (χ3n) is 3.96. The summed E-state index contributed by atoms with van der Waals surface area (Å²) in [5.74, 6) is -0.0867. The zero-order chi connectivity index (χ0) is 16.3. The molecule has 0 unspecified atom stereocenters. The van der Waals surface area contributed by atoms with E-state index < -0.39 is 0 Å². The highest BCUT2D eigenvalue weighted by Gasteiger charge is 2.26. The number of hydrogen-bond acceptors (Lipinski definition) is 7. The first kappa shape index (κ1) is 16.1. The van der Waals surface area contributed by atoms with Crippen LogP contribution in [0.4, 0.5) is 0 Å². The van der Waals surface area contributed by atoms with Crippen molar-refractivity contribution in [2.75, 3.05) is 26.2 Å². The Morgan fingerprint density at radius 3 is 3.09 bits per heavy atom. The highest BCUT2D eigenvalue weighted by molar-refractivity contribution is 7.07. The van der Waals surface area contributed by atoms with Gasteiger partial charge in [0.2, 0.25) is 0 Å². The van der Waals surface area contributed by atoms with Gasteiger partial charge in [-0.3, -0.25) is 4.79 Å². The molecule has 1 N–H and O–H groups in total. The molecule has 23 heavy (non-hydrogen) atoms. The molecule has 0 atom stereocenters. The van der Waals surface area contributed by atoms with E-state index >= 15 is 0 Å². The van der Waals surface area contributed by atoms with Crippen molar-refractivity contribution >= 4 is 17.2 Å². The highest BCUT2D eigenvalue weighted by atomic mass is 32.1. The Balaban J connectivity index is 1.48. The molecule has 0 radical (unpaired) electrons. The van der Waals surface area contributed by atoms with Crippen molar-refractivity contribution in [3.8, 4) is 11.6 Å². The summed E-state index contributed by atoms with van der Waals surface area (Å²) in [6.45, 7) is 8.14. The fraction of sp³-hybridized carbons (Fsp3) is 0.600. The molecule has 0 bridgehead atoms. The molecule has 1 saturated heterocycles. The van der Waals surface area contributed by atoms with Crippen LogP contribution in [0.25, 0.3) is 11.6 Å². The maximum absolute atomic E-state index is 12.1. The van der Waals surface area contributed by atoms with Gasteiger partial charge < -0.3 is 14.6 Å². The largest absolute Gasteiger partial charge is 0.411 e. The SMILES string of the molecule is CC1(C)CCCN(CCNC(=O)c2nnc(-c3cscn3)o2)C1. The smallest absolute Gasteiger partial charge is 0.308 e. The number of aromatic nitrogens is 3. The van der Waals surface area contributed by atoms with Gasteiger partial charge in [0, 0.05) is 25.0 Å². The van der Waals surface area contributed by atoms with Crippen LogP contribution >= 0.6 is 11.3 Å². The Hall–Kier alpha value is -1.80. The Morgan fingerprint density at radius 1 is 1.48 bits per heavy atom. The molecule has 7 nitrogen and oxygen atoms in total. The summed E-state index contributed by atoms with van der Waals surface area (Å²) in [7, 11) is 0. The molecule has 2 aromatic rings. The van der Waals surface area contributed by atoms with Crippen LogP contribution in [0.15, 0.2) is 15.3 Å². The third kappa shape index (κ3) is 4.14. The second kappa shape index (κ2) is 6.76. The topological polar surface area (TPSA) is 84.2 Å². The lowest BCUT2D eigenvalue weighted by Gasteiger charge is -2.38. The van der Waals surface area contributed by atoms with Gasteiger partial charge in [-0.1, -0.05) is 13.8 Å². The van der Waals surface area contributed by atoms with E-state index in [2.05, 4.69) is 39.2 Å². The average Bonchev–Trinajstić information content (AvgIpc) is 3.17. The molecular formula is C15H21N5O2S. The number of piperidine rings is 1.